The average Bonchev–Trinajstić information content (AvgIpc) is 2.26. The van der Waals surface area contributed by atoms with E-state index < -0.39 is 23.6 Å². The topological polar surface area (TPSA) is 96.7 Å². The van der Waals surface area contributed by atoms with Gasteiger partial charge in [-0.2, -0.15) is 0 Å². The molecule has 19 heavy (non-hydrogen) atoms. The number of ether oxygens (including phenoxy) is 1. The molecule has 0 spiro atoms. The van der Waals surface area contributed by atoms with E-state index in [2.05, 4.69) is 4.98 Å². The van der Waals surface area contributed by atoms with E-state index in [0.717, 1.165) is 0 Å². The Bertz CT molecular complexity index is 475. The van der Waals surface area contributed by atoms with Gasteiger partial charge in [-0.15, -0.1) is 0 Å². The number of halogens is 1. The predicted molar refractivity (Wildman–Crippen MR) is 67.2 cm³/mol. The van der Waals surface area contributed by atoms with Crippen LogP contribution in [-0.2, 0) is 20.7 Å². The zero-order valence-corrected chi connectivity index (χ0v) is 11.2. The fourth-order valence-corrected chi connectivity index (χ4v) is 1.82. The van der Waals surface area contributed by atoms with Crippen LogP contribution in [0, 0.1) is 0 Å². The molecule has 1 rings (SSSR count). The molecule has 104 valence electrons. The van der Waals surface area contributed by atoms with Crippen LogP contribution in [0.4, 0.5) is 0 Å². The Hall–Kier alpha value is -1.66. The number of carboxylic acid groups (broad SMARTS) is 2. The summed E-state index contributed by atoms with van der Waals surface area (Å²) in [6, 6.07) is 2.90. The quantitative estimate of drug-likeness (QED) is 0.609. The summed E-state index contributed by atoms with van der Waals surface area (Å²) in [5.41, 5.74) is -1.91. The highest BCUT2D eigenvalue weighted by molar-refractivity contribution is 6.29. The Morgan fingerprint density at radius 2 is 2.00 bits per heavy atom. The first-order valence-corrected chi connectivity index (χ1v) is 5.91. The third kappa shape index (κ3) is 3.65. The van der Waals surface area contributed by atoms with Gasteiger partial charge in [-0.05, 0) is 31.5 Å². The second-order valence-electron chi connectivity index (χ2n) is 4.27. The molecule has 0 saturated heterocycles. The minimum atomic E-state index is -2.33. The summed E-state index contributed by atoms with van der Waals surface area (Å²) < 4.78 is 5.14. The Morgan fingerprint density at radius 3 is 2.42 bits per heavy atom. The Balaban J connectivity index is 3.16. The molecule has 0 bridgehead atoms. The molecular formula is C12H14ClNO5. The normalized spacial score (nSPS) is 11.6. The number of nitrogens with zero attached hydrogens (tertiary/aromatic N) is 1. The molecule has 0 unspecified atom stereocenters. The van der Waals surface area contributed by atoms with Crippen LogP contribution >= 0.6 is 11.6 Å². The van der Waals surface area contributed by atoms with E-state index in [0.29, 0.717) is 5.56 Å². The van der Waals surface area contributed by atoms with Crippen LogP contribution in [0.2, 0.25) is 5.15 Å². The number of hydrogen-bond donors (Lipinski definition) is 2. The third-order valence-electron chi connectivity index (χ3n) is 2.37. The number of aliphatic carboxylic acids is 2. The minimum Gasteiger partial charge on any atom is -0.479 e. The lowest BCUT2D eigenvalue weighted by atomic mass is 9.94. The first kappa shape index (κ1) is 15.4. The fourth-order valence-electron chi connectivity index (χ4n) is 1.63. The highest BCUT2D eigenvalue weighted by Gasteiger charge is 2.49. The van der Waals surface area contributed by atoms with E-state index in [1.165, 1.54) is 18.3 Å². The summed E-state index contributed by atoms with van der Waals surface area (Å²) in [5.74, 6) is -3.11. The van der Waals surface area contributed by atoms with Crippen molar-refractivity contribution in [2.24, 2.45) is 0 Å². The zero-order valence-electron chi connectivity index (χ0n) is 10.5. The summed E-state index contributed by atoms with van der Waals surface area (Å²) >= 11 is 5.69. The van der Waals surface area contributed by atoms with Gasteiger partial charge >= 0.3 is 11.9 Å². The molecule has 0 aromatic carbocycles. The van der Waals surface area contributed by atoms with Crippen LogP contribution < -0.4 is 0 Å². The molecule has 0 saturated carbocycles. The summed E-state index contributed by atoms with van der Waals surface area (Å²) in [4.78, 5) is 26.4. The van der Waals surface area contributed by atoms with Crippen molar-refractivity contribution in [1.29, 1.82) is 0 Å². The van der Waals surface area contributed by atoms with Crippen molar-refractivity contribution in [3.8, 4) is 0 Å². The second-order valence-corrected chi connectivity index (χ2v) is 4.65. The third-order valence-corrected chi connectivity index (χ3v) is 2.58. The zero-order chi connectivity index (χ0) is 14.6. The molecule has 1 aromatic rings. The Labute approximate surface area is 115 Å². The molecular weight excluding hydrogens is 274 g/mol. The predicted octanol–water partition coefficient (Wildman–Crippen LogP) is 1.61. The number of carbonyl (C=O) groups is 2. The molecule has 0 amide bonds. The van der Waals surface area contributed by atoms with Crippen LogP contribution in [0.15, 0.2) is 18.3 Å². The van der Waals surface area contributed by atoms with E-state index in [-0.39, 0.29) is 11.6 Å². The maximum absolute atomic E-state index is 11.3. The van der Waals surface area contributed by atoms with Gasteiger partial charge in [0, 0.05) is 12.6 Å². The molecule has 0 atom stereocenters. The lowest BCUT2D eigenvalue weighted by molar-refractivity contribution is -0.188. The molecule has 0 aliphatic heterocycles. The van der Waals surface area contributed by atoms with Gasteiger partial charge in [0.25, 0.3) is 5.60 Å². The van der Waals surface area contributed by atoms with Gasteiger partial charge < -0.3 is 14.9 Å². The SMILES string of the molecule is CC(C)OC(Cc1ccnc(Cl)c1)(C(=O)O)C(=O)O. The van der Waals surface area contributed by atoms with Crippen molar-refractivity contribution in [3.63, 3.8) is 0 Å². The van der Waals surface area contributed by atoms with E-state index in [9.17, 15) is 19.8 Å². The van der Waals surface area contributed by atoms with Gasteiger partial charge in [0.1, 0.15) is 5.15 Å². The molecule has 2 N–H and O–H groups in total. The lowest BCUT2D eigenvalue weighted by Gasteiger charge is -2.27. The van der Waals surface area contributed by atoms with Crippen LogP contribution in [0.5, 0.6) is 0 Å². The van der Waals surface area contributed by atoms with Crippen molar-refractivity contribution in [1.82, 2.24) is 4.98 Å². The first-order valence-electron chi connectivity index (χ1n) is 5.53. The Morgan fingerprint density at radius 1 is 1.42 bits per heavy atom. The molecule has 0 aliphatic rings. The summed E-state index contributed by atoms with van der Waals surface area (Å²) in [7, 11) is 0. The summed E-state index contributed by atoms with van der Waals surface area (Å²) in [5, 5.41) is 18.6. The van der Waals surface area contributed by atoms with Crippen molar-refractivity contribution in [2.75, 3.05) is 0 Å². The number of pyridine rings is 1. The number of hydrogen-bond acceptors (Lipinski definition) is 4. The largest absolute Gasteiger partial charge is 0.479 e. The average molecular weight is 288 g/mol. The van der Waals surface area contributed by atoms with Gasteiger partial charge in [-0.3, -0.25) is 0 Å². The molecule has 7 heteroatoms. The van der Waals surface area contributed by atoms with Crippen molar-refractivity contribution >= 4 is 23.5 Å². The van der Waals surface area contributed by atoms with Gasteiger partial charge in [0.15, 0.2) is 0 Å². The van der Waals surface area contributed by atoms with E-state index >= 15 is 0 Å². The number of carboxylic acids is 2. The van der Waals surface area contributed by atoms with Crippen molar-refractivity contribution < 1.29 is 24.5 Å². The van der Waals surface area contributed by atoms with Crippen LogP contribution in [0.3, 0.4) is 0 Å². The first-order chi connectivity index (χ1) is 8.78. The van der Waals surface area contributed by atoms with Crippen LogP contribution in [-0.4, -0.2) is 38.8 Å². The van der Waals surface area contributed by atoms with Gasteiger partial charge in [0.2, 0.25) is 0 Å². The second kappa shape index (κ2) is 5.99. The maximum atomic E-state index is 11.3. The maximum Gasteiger partial charge on any atom is 0.348 e. The number of aromatic nitrogens is 1. The van der Waals surface area contributed by atoms with Gasteiger partial charge in [-0.1, -0.05) is 11.6 Å². The van der Waals surface area contributed by atoms with Crippen molar-refractivity contribution in [3.05, 3.63) is 29.0 Å². The highest BCUT2D eigenvalue weighted by Crippen LogP contribution is 2.22. The summed E-state index contributed by atoms with van der Waals surface area (Å²) in [6.07, 6.45) is 0.490. The number of rotatable bonds is 6. The van der Waals surface area contributed by atoms with Gasteiger partial charge in [-0.25, -0.2) is 14.6 Å². The molecule has 1 heterocycles. The van der Waals surface area contributed by atoms with Crippen molar-refractivity contribution in [2.45, 2.75) is 32.0 Å². The highest BCUT2D eigenvalue weighted by atomic mass is 35.5. The van der Waals surface area contributed by atoms with E-state index in [4.69, 9.17) is 16.3 Å². The minimum absolute atomic E-state index is 0.159. The molecule has 6 nitrogen and oxygen atoms in total. The molecule has 0 fully saturated rings. The van der Waals surface area contributed by atoms with Crippen LogP contribution in [0.1, 0.15) is 19.4 Å². The fraction of sp³-hybridized carbons (Fsp3) is 0.417. The smallest absolute Gasteiger partial charge is 0.348 e. The lowest BCUT2D eigenvalue weighted by Crippen LogP contribution is -2.52. The standard InChI is InChI=1S/C12H14ClNO5/c1-7(2)19-12(10(15)16,11(17)18)6-8-3-4-14-9(13)5-8/h3-5,7H,6H2,1-2H3,(H,15,16)(H,17,18). The van der Waals surface area contributed by atoms with Crippen LogP contribution in [0.25, 0.3) is 0 Å². The van der Waals surface area contributed by atoms with Gasteiger partial charge in [0.05, 0.1) is 6.10 Å². The monoisotopic (exact) mass is 287 g/mol. The van der Waals surface area contributed by atoms with E-state index in [1.54, 1.807) is 13.8 Å². The Kier molecular flexibility index (Phi) is 4.85. The molecule has 1 aromatic heterocycles. The van der Waals surface area contributed by atoms with E-state index in [1.807, 2.05) is 0 Å². The molecule has 0 aliphatic carbocycles. The summed E-state index contributed by atoms with van der Waals surface area (Å²) in [6.45, 7) is 3.14. The molecule has 0 radical (unpaired) electrons.